The van der Waals surface area contributed by atoms with E-state index in [1.165, 1.54) is 6.07 Å². The van der Waals surface area contributed by atoms with Crippen molar-refractivity contribution < 1.29 is 9.50 Å². The highest BCUT2D eigenvalue weighted by atomic mass is 19.1. The number of hydrogen-bond donors (Lipinski definition) is 1. The highest BCUT2D eigenvalue weighted by molar-refractivity contribution is 5.97. The van der Waals surface area contributed by atoms with E-state index in [0.29, 0.717) is 24.4 Å². The predicted molar refractivity (Wildman–Crippen MR) is 96.1 cm³/mol. The number of nitrogens with zero attached hydrogens (tertiary/aromatic N) is 4. The van der Waals surface area contributed by atoms with Gasteiger partial charge in [0, 0.05) is 28.6 Å². The summed E-state index contributed by atoms with van der Waals surface area (Å²) in [5, 5.41) is 19.2. The van der Waals surface area contributed by atoms with E-state index in [1.54, 1.807) is 24.4 Å². The number of β-amino-alcohol motifs (C(OH)–C–C–N with tert-alkyl or cyclic N) is 1. The maximum atomic E-state index is 14.5. The first-order valence-electron chi connectivity index (χ1n) is 8.12. The molecule has 2 aliphatic heterocycles. The van der Waals surface area contributed by atoms with Crippen molar-refractivity contribution in [2.75, 3.05) is 24.6 Å². The van der Waals surface area contributed by atoms with Crippen LogP contribution in [-0.2, 0) is 0 Å². The van der Waals surface area contributed by atoms with E-state index in [1.807, 2.05) is 24.0 Å². The van der Waals surface area contributed by atoms with Crippen LogP contribution in [0.3, 0.4) is 0 Å². The van der Waals surface area contributed by atoms with Gasteiger partial charge in [-0.1, -0.05) is 12.1 Å². The van der Waals surface area contributed by atoms with Crippen molar-refractivity contribution in [1.29, 1.82) is 0 Å². The molecule has 0 spiro atoms. The second-order valence-electron chi connectivity index (χ2n) is 6.06. The molecule has 2 aromatic rings. The first-order valence-corrected chi connectivity index (χ1v) is 8.12. The minimum Gasteiger partial charge on any atom is -0.395 e. The van der Waals surface area contributed by atoms with Gasteiger partial charge in [0.15, 0.2) is 0 Å². The van der Waals surface area contributed by atoms with Crippen molar-refractivity contribution in [2.24, 2.45) is 15.2 Å². The number of benzene rings is 2. The molecule has 0 unspecified atom stereocenters. The molecule has 0 fully saturated rings. The molecular weight excluding hydrogens is 319 g/mol. The lowest BCUT2D eigenvalue weighted by Gasteiger charge is -2.24. The lowest BCUT2D eigenvalue weighted by atomic mass is 10.0. The third-order valence-electron chi connectivity index (χ3n) is 4.34. The smallest absolute Gasteiger partial charge is 0.132 e. The fourth-order valence-corrected chi connectivity index (χ4v) is 3.30. The molecule has 6 heteroatoms. The molecule has 2 aromatic carbocycles. The quantitative estimate of drug-likeness (QED) is 0.916. The van der Waals surface area contributed by atoms with Gasteiger partial charge >= 0.3 is 0 Å². The Balaban J connectivity index is 2.11. The molecule has 0 amide bonds. The molecule has 4 rings (SSSR count). The predicted octanol–water partition coefficient (Wildman–Crippen LogP) is 1.22. The molecule has 0 radical (unpaired) electrons. The van der Waals surface area contributed by atoms with Crippen molar-refractivity contribution in [3.63, 3.8) is 0 Å². The summed E-state index contributed by atoms with van der Waals surface area (Å²) in [6.07, 6.45) is 1.71. The number of hydrogen-bond acceptors (Lipinski definition) is 5. The molecule has 2 aliphatic rings. The number of halogens is 1. The molecule has 0 bridgehead atoms. The fourth-order valence-electron chi connectivity index (χ4n) is 3.30. The second-order valence-corrected chi connectivity index (χ2v) is 6.06. The molecule has 0 atom stereocenters. The molecule has 1 N–H and O–H groups in total. The van der Waals surface area contributed by atoms with Crippen molar-refractivity contribution in [2.45, 2.75) is 6.92 Å². The summed E-state index contributed by atoms with van der Waals surface area (Å²) in [6.45, 7) is 2.93. The van der Waals surface area contributed by atoms with Gasteiger partial charge in [0.25, 0.3) is 0 Å². The van der Waals surface area contributed by atoms with Crippen molar-refractivity contribution in [1.82, 2.24) is 0 Å². The van der Waals surface area contributed by atoms with Crippen LogP contribution in [0.25, 0.3) is 5.70 Å². The SMILES string of the molecule is CC1=NC(c2ccccc2F)=c2ccc3c(c2N(CCO)C1)C=NN=3. The largest absolute Gasteiger partial charge is 0.395 e. The highest BCUT2D eigenvalue weighted by Crippen LogP contribution is 2.23. The monoisotopic (exact) mass is 336 g/mol. The van der Waals surface area contributed by atoms with Crippen LogP contribution >= 0.6 is 0 Å². The number of aliphatic hydroxyl groups excluding tert-OH is 1. The summed E-state index contributed by atoms with van der Waals surface area (Å²) in [5.41, 5.74) is 3.67. The number of aliphatic hydroxyl groups is 1. The third kappa shape index (κ3) is 2.64. The van der Waals surface area contributed by atoms with E-state index in [0.717, 1.165) is 27.5 Å². The van der Waals surface area contributed by atoms with Crippen LogP contribution in [0.5, 0.6) is 0 Å². The van der Waals surface area contributed by atoms with E-state index >= 15 is 0 Å². The summed E-state index contributed by atoms with van der Waals surface area (Å²) in [7, 11) is 0. The van der Waals surface area contributed by atoms with Gasteiger partial charge in [0.1, 0.15) is 5.82 Å². The van der Waals surface area contributed by atoms with Gasteiger partial charge in [-0.05, 0) is 31.2 Å². The standard InChI is InChI=1S/C19H17FN4O/c1-12-11-24(8-9-25)19-14(6-7-17-15(19)10-21-23-17)18(22-12)13-4-2-3-5-16(13)20/h2-7,10,25H,8-9,11H2,1H3. The number of anilines is 1. The number of aliphatic imine (C=N–C) groups is 1. The molecule has 126 valence electrons. The van der Waals surface area contributed by atoms with Gasteiger partial charge in [-0.25, -0.2) is 4.39 Å². The highest BCUT2D eigenvalue weighted by Gasteiger charge is 2.22. The maximum absolute atomic E-state index is 14.5. The van der Waals surface area contributed by atoms with Gasteiger partial charge in [-0.15, -0.1) is 0 Å². The van der Waals surface area contributed by atoms with Crippen LogP contribution in [0, 0.1) is 5.82 Å². The van der Waals surface area contributed by atoms with Crippen LogP contribution < -0.4 is 15.5 Å². The normalized spacial score (nSPS) is 15.4. The topological polar surface area (TPSA) is 60.5 Å². The van der Waals surface area contributed by atoms with E-state index in [-0.39, 0.29) is 12.4 Å². The van der Waals surface area contributed by atoms with E-state index < -0.39 is 0 Å². The number of fused-ring (bicyclic) bond motifs is 3. The Labute approximate surface area is 144 Å². The summed E-state index contributed by atoms with van der Waals surface area (Å²) < 4.78 is 14.5. The summed E-state index contributed by atoms with van der Waals surface area (Å²) in [5.74, 6) is -0.311. The average Bonchev–Trinajstić information content (AvgIpc) is 3.03. The Bertz CT molecular complexity index is 1030. The van der Waals surface area contributed by atoms with Gasteiger partial charge in [-0.3, -0.25) is 4.99 Å². The average molecular weight is 336 g/mol. The Morgan fingerprint density at radius 1 is 1.20 bits per heavy atom. The Hall–Kier alpha value is -2.86. The Morgan fingerprint density at radius 2 is 2.04 bits per heavy atom. The van der Waals surface area contributed by atoms with E-state index in [2.05, 4.69) is 10.2 Å². The lowest BCUT2D eigenvalue weighted by molar-refractivity contribution is 0.303. The zero-order valence-electron chi connectivity index (χ0n) is 13.8. The number of rotatable bonds is 3. The molecule has 2 heterocycles. The molecular formula is C19H17FN4O. The molecule has 0 saturated carbocycles. The zero-order chi connectivity index (χ0) is 17.4. The maximum Gasteiger partial charge on any atom is 0.132 e. The minimum absolute atomic E-state index is 0.0136. The van der Waals surface area contributed by atoms with Crippen LogP contribution in [0.1, 0.15) is 18.1 Å². The molecule has 0 saturated heterocycles. The van der Waals surface area contributed by atoms with Crippen LogP contribution in [0.4, 0.5) is 10.1 Å². The molecule has 0 aromatic heterocycles. The summed E-state index contributed by atoms with van der Waals surface area (Å²) in [6, 6.07) is 10.4. The van der Waals surface area contributed by atoms with Gasteiger partial charge < -0.3 is 10.0 Å². The van der Waals surface area contributed by atoms with Crippen LogP contribution in [-0.4, -0.2) is 36.7 Å². The lowest BCUT2D eigenvalue weighted by Crippen LogP contribution is -2.36. The summed E-state index contributed by atoms with van der Waals surface area (Å²) in [4.78, 5) is 6.75. The molecule has 5 nitrogen and oxygen atoms in total. The van der Waals surface area contributed by atoms with Crippen LogP contribution in [0.15, 0.2) is 51.6 Å². The molecule has 0 aliphatic carbocycles. The van der Waals surface area contributed by atoms with Crippen molar-refractivity contribution in [3.8, 4) is 0 Å². The van der Waals surface area contributed by atoms with Crippen LogP contribution in [0.2, 0.25) is 0 Å². The van der Waals surface area contributed by atoms with E-state index in [4.69, 9.17) is 4.99 Å². The first-order chi connectivity index (χ1) is 12.2. The zero-order valence-corrected chi connectivity index (χ0v) is 13.8. The summed E-state index contributed by atoms with van der Waals surface area (Å²) >= 11 is 0. The Morgan fingerprint density at radius 3 is 2.84 bits per heavy atom. The van der Waals surface area contributed by atoms with E-state index in [9.17, 15) is 9.50 Å². The van der Waals surface area contributed by atoms with Crippen molar-refractivity contribution in [3.05, 3.63) is 63.9 Å². The second kappa shape index (κ2) is 6.22. The van der Waals surface area contributed by atoms with Gasteiger partial charge in [0.05, 0.1) is 36.1 Å². The van der Waals surface area contributed by atoms with Gasteiger partial charge in [0.2, 0.25) is 0 Å². The Kier molecular flexibility index (Phi) is 3.89. The molecule has 25 heavy (non-hydrogen) atoms. The third-order valence-corrected chi connectivity index (χ3v) is 4.34. The van der Waals surface area contributed by atoms with Crippen molar-refractivity contribution >= 4 is 23.3 Å². The minimum atomic E-state index is -0.311. The fraction of sp³-hybridized carbons (Fsp3) is 0.211. The van der Waals surface area contributed by atoms with Gasteiger partial charge in [-0.2, -0.15) is 10.2 Å². The first kappa shape index (κ1) is 15.7.